The van der Waals surface area contributed by atoms with Crippen LogP contribution in [-0.2, 0) is 6.42 Å². The molecule has 0 aliphatic heterocycles. The minimum atomic E-state index is -0.477. The topological polar surface area (TPSA) is 63.5 Å². The molecule has 0 bridgehead atoms. The van der Waals surface area contributed by atoms with E-state index in [-0.39, 0.29) is 11.4 Å². The molecule has 2 heterocycles. The van der Waals surface area contributed by atoms with E-state index in [1.54, 1.807) is 23.7 Å². The second-order valence-corrected chi connectivity index (χ2v) is 5.54. The van der Waals surface area contributed by atoms with Crippen LogP contribution in [0.3, 0.4) is 0 Å². The summed E-state index contributed by atoms with van der Waals surface area (Å²) in [5, 5.41) is 4.38. The van der Waals surface area contributed by atoms with Gasteiger partial charge in [-0.1, -0.05) is 12.1 Å². The molecule has 1 aromatic carbocycles. The Balaban J connectivity index is 1.68. The molecule has 0 saturated carbocycles. The van der Waals surface area contributed by atoms with Gasteiger partial charge in [0.25, 0.3) is 11.5 Å². The van der Waals surface area contributed by atoms with Gasteiger partial charge in [0.15, 0.2) is 4.96 Å². The molecule has 0 radical (unpaired) electrons. The van der Waals surface area contributed by atoms with Gasteiger partial charge in [-0.2, -0.15) is 0 Å². The third-order valence-corrected chi connectivity index (χ3v) is 3.95. The fourth-order valence-electron chi connectivity index (χ4n) is 2.09. The Morgan fingerprint density at radius 3 is 3.09 bits per heavy atom. The summed E-state index contributed by atoms with van der Waals surface area (Å²) in [5.41, 5.74) is 0.382. The molecule has 0 aliphatic carbocycles. The first-order valence-corrected chi connectivity index (χ1v) is 7.50. The van der Waals surface area contributed by atoms with E-state index in [1.165, 1.54) is 34.1 Å². The second kappa shape index (κ2) is 6.07. The summed E-state index contributed by atoms with van der Waals surface area (Å²) in [4.78, 5) is 28.8. The average molecular weight is 317 g/mol. The molecule has 0 spiro atoms. The summed E-state index contributed by atoms with van der Waals surface area (Å²) in [6.45, 7) is 0.314. The Hall–Kier alpha value is -2.54. The lowest BCUT2D eigenvalue weighted by atomic mass is 10.1. The van der Waals surface area contributed by atoms with Crippen molar-refractivity contribution in [2.45, 2.75) is 6.42 Å². The highest BCUT2D eigenvalue weighted by atomic mass is 32.1. The van der Waals surface area contributed by atoms with Crippen LogP contribution < -0.4 is 10.9 Å². The number of halogens is 1. The van der Waals surface area contributed by atoms with Crippen molar-refractivity contribution in [3.63, 3.8) is 0 Å². The summed E-state index contributed by atoms with van der Waals surface area (Å²) in [6, 6.07) is 6.18. The molecule has 0 fully saturated rings. The highest BCUT2D eigenvalue weighted by Gasteiger charge is 2.13. The minimum Gasteiger partial charge on any atom is -0.351 e. The predicted octanol–water partition coefficient (Wildman–Crippen LogP) is 1.87. The first-order valence-electron chi connectivity index (χ1n) is 6.62. The molecule has 0 saturated heterocycles. The molecule has 0 unspecified atom stereocenters. The van der Waals surface area contributed by atoms with E-state index in [9.17, 15) is 14.0 Å². The zero-order valence-corrected chi connectivity index (χ0v) is 12.3. The molecule has 5 nitrogen and oxygen atoms in total. The standard InChI is InChI=1S/C15H12FN3O2S/c16-11-3-1-2-10(8-11)4-5-17-13(20)12-9-18-15-19(14(12)21)6-7-22-15/h1-3,6-9H,4-5H2,(H,17,20). The monoisotopic (exact) mass is 317 g/mol. The first kappa shape index (κ1) is 14.4. The number of hydrogen-bond acceptors (Lipinski definition) is 4. The van der Waals surface area contributed by atoms with Gasteiger partial charge >= 0.3 is 0 Å². The lowest BCUT2D eigenvalue weighted by Crippen LogP contribution is -2.32. The van der Waals surface area contributed by atoms with Gasteiger partial charge in [-0.25, -0.2) is 9.37 Å². The van der Waals surface area contributed by atoms with Crippen LogP contribution in [0.25, 0.3) is 4.96 Å². The van der Waals surface area contributed by atoms with E-state index in [1.807, 2.05) is 0 Å². The third kappa shape index (κ3) is 2.89. The average Bonchev–Trinajstić information content (AvgIpc) is 2.97. The Bertz CT molecular complexity index is 888. The van der Waals surface area contributed by atoms with Gasteiger partial charge in [-0.15, -0.1) is 11.3 Å². The number of rotatable bonds is 4. The molecular formula is C15H12FN3O2S. The van der Waals surface area contributed by atoms with E-state index in [0.29, 0.717) is 17.9 Å². The van der Waals surface area contributed by atoms with Crippen molar-refractivity contribution in [3.05, 3.63) is 69.3 Å². The lowest BCUT2D eigenvalue weighted by Gasteiger charge is -2.05. The number of nitrogens with zero attached hydrogens (tertiary/aromatic N) is 2. The molecule has 3 rings (SSSR count). The minimum absolute atomic E-state index is 0.00450. The van der Waals surface area contributed by atoms with Crippen LogP contribution in [0.5, 0.6) is 0 Å². The van der Waals surface area contributed by atoms with E-state index < -0.39 is 11.5 Å². The number of benzene rings is 1. The van der Waals surface area contributed by atoms with Gasteiger partial charge in [-0.3, -0.25) is 14.0 Å². The Morgan fingerprint density at radius 2 is 2.27 bits per heavy atom. The van der Waals surface area contributed by atoms with Crippen LogP contribution in [-0.4, -0.2) is 21.8 Å². The molecule has 7 heteroatoms. The number of amides is 1. The van der Waals surface area contributed by atoms with Crippen molar-refractivity contribution in [3.8, 4) is 0 Å². The Kier molecular flexibility index (Phi) is 3.97. The highest BCUT2D eigenvalue weighted by Crippen LogP contribution is 2.06. The molecule has 3 aromatic rings. The molecule has 2 aromatic heterocycles. The van der Waals surface area contributed by atoms with Crippen molar-refractivity contribution in [2.24, 2.45) is 0 Å². The fraction of sp³-hybridized carbons (Fsp3) is 0.133. The summed E-state index contributed by atoms with van der Waals surface area (Å²) < 4.78 is 14.4. The SMILES string of the molecule is O=C(NCCc1cccc(F)c1)c1cnc2sccn2c1=O. The van der Waals surface area contributed by atoms with Crippen LogP contribution in [0, 0.1) is 5.82 Å². The van der Waals surface area contributed by atoms with Gasteiger partial charge in [0.05, 0.1) is 0 Å². The summed E-state index contributed by atoms with van der Waals surface area (Å²) in [6.07, 6.45) is 3.35. The third-order valence-electron chi connectivity index (χ3n) is 3.18. The summed E-state index contributed by atoms with van der Waals surface area (Å²) >= 11 is 1.32. The van der Waals surface area contributed by atoms with Crippen LogP contribution in [0.2, 0.25) is 0 Å². The van der Waals surface area contributed by atoms with E-state index >= 15 is 0 Å². The van der Waals surface area contributed by atoms with Crippen molar-refractivity contribution < 1.29 is 9.18 Å². The lowest BCUT2D eigenvalue weighted by molar-refractivity contribution is 0.0952. The molecule has 1 N–H and O–H groups in total. The maximum atomic E-state index is 13.0. The van der Waals surface area contributed by atoms with Crippen molar-refractivity contribution in [2.75, 3.05) is 6.54 Å². The number of carbonyl (C=O) groups is 1. The molecule has 0 aliphatic rings. The van der Waals surface area contributed by atoms with Gasteiger partial charge in [0, 0.05) is 24.3 Å². The van der Waals surface area contributed by atoms with Crippen LogP contribution in [0.1, 0.15) is 15.9 Å². The molecule has 1 amide bonds. The fourth-order valence-corrected chi connectivity index (χ4v) is 2.76. The van der Waals surface area contributed by atoms with Crippen molar-refractivity contribution in [1.29, 1.82) is 0 Å². The molecular weight excluding hydrogens is 305 g/mol. The van der Waals surface area contributed by atoms with Gasteiger partial charge < -0.3 is 5.32 Å². The zero-order valence-electron chi connectivity index (χ0n) is 11.5. The van der Waals surface area contributed by atoms with Gasteiger partial charge in [-0.05, 0) is 24.1 Å². The Labute approximate surface area is 129 Å². The second-order valence-electron chi connectivity index (χ2n) is 4.67. The van der Waals surface area contributed by atoms with Crippen molar-refractivity contribution in [1.82, 2.24) is 14.7 Å². The normalized spacial score (nSPS) is 10.8. The van der Waals surface area contributed by atoms with E-state index in [0.717, 1.165) is 5.56 Å². The molecule has 112 valence electrons. The first-order chi connectivity index (χ1) is 10.6. The zero-order chi connectivity index (χ0) is 15.5. The van der Waals surface area contributed by atoms with Crippen LogP contribution >= 0.6 is 11.3 Å². The number of aromatic nitrogens is 2. The number of carbonyl (C=O) groups excluding carboxylic acids is 1. The quantitative estimate of drug-likeness (QED) is 0.799. The smallest absolute Gasteiger partial charge is 0.271 e. The number of fused-ring (bicyclic) bond motifs is 1. The number of thiazole rings is 1. The molecule has 22 heavy (non-hydrogen) atoms. The van der Waals surface area contributed by atoms with E-state index in [4.69, 9.17) is 0 Å². The van der Waals surface area contributed by atoms with Crippen molar-refractivity contribution >= 4 is 22.2 Å². The highest BCUT2D eigenvalue weighted by molar-refractivity contribution is 7.15. The summed E-state index contributed by atoms with van der Waals surface area (Å²) in [7, 11) is 0. The predicted molar refractivity (Wildman–Crippen MR) is 81.8 cm³/mol. The largest absolute Gasteiger partial charge is 0.351 e. The van der Waals surface area contributed by atoms with E-state index in [2.05, 4.69) is 10.3 Å². The number of nitrogens with one attached hydrogen (secondary N) is 1. The summed E-state index contributed by atoms with van der Waals surface area (Å²) in [5.74, 6) is -0.788. The molecule has 0 atom stereocenters. The van der Waals surface area contributed by atoms with Crippen LogP contribution in [0.4, 0.5) is 4.39 Å². The number of hydrogen-bond donors (Lipinski definition) is 1. The Morgan fingerprint density at radius 1 is 1.41 bits per heavy atom. The van der Waals surface area contributed by atoms with Crippen LogP contribution in [0.15, 0.2) is 46.8 Å². The maximum absolute atomic E-state index is 13.0. The van der Waals surface area contributed by atoms with Gasteiger partial charge in [0.2, 0.25) is 0 Å². The van der Waals surface area contributed by atoms with Gasteiger partial charge in [0.1, 0.15) is 11.4 Å². The maximum Gasteiger partial charge on any atom is 0.271 e.